The van der Waals surface area contributed by atoms with Crippen LogP contribution in [0.25, 0.3) is 11.1 Å². The summed E-state index contributed by atoms with van der Waals surface area (Å²) in [5.41, 5.74) is 2.66. The topological polar surface area (TPSA) is 12.0 Å². The summed E-state index contributed by atoms with van der Waals surface area (Å²) in [7, 11) is 0. The van der Waals surface area contributed by atoms with Gasteiger partial charge in [-0.2, -0.15) is 0 Å². The van der Waals surface area contributed by atoms with E-state index >= 15 is 0 Å². The molecule has 3 rings (SSSR count). The van der Waals surface area contributed by atoms with Crippen molar-refractivity contribution in [3.05, 3.63) is 46.7 Å². The van der Waals surface area contributed by atoms with E-state index in [-0.39, 0.29) is 0 Å². The van der Waals surface area contributed by atoms with E-state index in [0.717, 1.165) is 18.4 Å². The van der Waals surface area contributed by atoms with Crippen molar-refractivity contribution in [2.45, 2.75) is 39.3 Å². The van der Waals surface area contributed by atoms with Crippen LogP contribution < -0.4 is 5.32 Å². The molecule has 1 heterocycles. The molecule has 1 fully saturated rings. The van der Waals surface area contributed by atoms with Crippen LogP contribution in [0.3, 0.4) is 0 Å². The van der Waals surface area contributed by atoms with Crippen molar-refractivity contribution in [3.8, 4) is 11.1 Å². The minimum Gasteiger partial charge on any atom is -0.309 e. The number of thiophene rings is 1. The van der Waals surface area contributed by atoms with Gasteiger partial charge in [0.2, 0.25) is 0 Å². The molecular weight excluding hydrogens is 262 g/mol. The maximum Gasteiger partial charge on any atom is 0.0302 e. The molecule has 2 heteroatoms. The second kappa shape index (κ2) is 6.11. The van der Waals surface area contributed by atoms with Crippen molar-refractivity contribution in [1.82, 2.24) is 5.32 Å². The molecule has 1 saturated carbocycles. The van der Waals surface area contributed by atoms with Crippen molar-refractivity contribution in [2.75, 3.05) is 0 Å². The van der Waals surface area contributed by atoms with E-state index in [1.807, 2.05) is 11.3 Å². The van der Waals surface area contributed by atoms with Gasteiger partial charge in [0.25, 0.3) is 0 Å². The highest BCUT2D eigenvalue weighted by Crippen LogP contribution is 2.32. The molecule has 1 aliphatic carbocycles. The fourth-order valence-electron chi connectivity index (χ4n) is 3.14. The molecule has 1 nitrogen and oxygen atoms in total. The molecule has 1 aromatic carbocycles. The smallest absolute Gasteiger partial charge is 0.0302 e. The minimum absolute atomic E-state index is 0.701. The Bertz CT molecular complexity index is 546. The van der Waals surface area contributed by atoms with Gasteiger partial charge in [0, 0.05) is 17.5 Å². The van der Waals surface area contributed by atoms with Crippen LogP contribution in [-0.4, -0.2) is 6.04 Å². The van der Waals surface area contributed by atoms with E-state index in [1.54, 1.807) is 0 Å². The van der Waals surface area contributed by atoms with Gasteiger partial charge in [-0.25, -0.2) is 0 Å². The molecule has 0 amide bonds. The van der Waals surface area contributed by atoms with Crippen LogP contribution in [0.1, 0.15) is 31.6 Å². The number of benzene rings is 1. The van der Waals surface area contributed by atoms with E-state index in [1.165, 1.54) is 28.8 Å². The summed E-state index contributed by atoms with van der Waals surface area (Å²) in [6.45, 7) is 5.78. The van der Waals surface area contributed by atoms with Crippen molar-refractivity contribution in [2.24, 2.45) is 11.8 Å². The lowest BCUT2D eigenvalue weighted by atomic mass is 9.98. The van der Waals surface area contributed by atoms with Crippen LogP contribution in [0.5, 0.6) is 0 Å². The van der Waals surface area contributed by atoms with Gasteiger partial charge < -0.3 is 5.32 Å². The van der Waals surface area contributed by atoms with E-state index in [0.29, 0.717) is 6.04 Å². The Kier molecular flexibility index (Phi) is 4.23. The van der Waals surface area contributed by atoms with Crippen LogP contribution in [0.2, 0.25) is 0 Å². The number of nitrogens with one attached hydrogen (secondary N) is 1. The molecule has 20 heavy (non-hydrogen) atoms. The molecule has 1 N–H and O–H groups in total. The van der Waals surface area contributed by atoms with Gasteiger partial charge in [-0.3, -0.25) is 0 Å². The van der Waals surface area contributed by atoms with Gasteiger partial charge in [-0.05, 0) is 47.3 Å². The first-order chi connectivity index (χ1) is 9.74. The van der Waals surface area contributed by atoms with E-state index in [2.05, 4.69) is 60.9 Å². The van der Waals surface area contributed by atoms with Crippen LogP contribution in [0.4, 0.5) is 0 Å². The van der Waals surface area contributed by atoms with Crippen molar-refractivity contribution in [3.63, 3.8) is 0 Å². The predicted octanol–water partition coefficient (Wildman–Crippen LogP) is 4.94. The van der Waals surface area contributed by atoms with E-state index < -0.39 is 0 Å². The molecular formula is C18H23NS. The maximum atomic E-state index is 3.75. The van der Waals surface area contributed by atoms with Gasteiger partial charge in [0.05, 0.1) is 0 Å². The Morgan fingerprint density at radius 1 is 1.10 bits per heavy atom. The zero-order valence-corrected chi connectivity index (χ0v) is 13.1. The Hall–Kier alpha value is -1.12. The highest BCUT2D eigenvalue weighted by atomic mass is 32.1. The van der Waals surface area contributed by atoms with Gasteiger partial charge in [-0.15, -0.1) is 11.3 Å². The third-order valence-corrected chi connectivity index (χ3v) is 5.70. The van der Waals surface area contributed by atoms with Crippen LogP contribution in [0, 0.1) is 11.8 Å². The molecule has 106 valence electrons. The Morgan fingerprint density at radius 2 is 1.90 bits per heavy atom. The average molecular weight is 285 g/mol. The first-order valence-corrected chi connectivity index (χ1v) is 8.48. The standard InChI is InChI=1S/C18H23NS/c1-13-8-9-18(14(13)2)19-11-17-10-16(12-20-17)15-6-4-3-5-7-15/h3-7,10,12-14,18-19H,8-9,11H2,1-2H3. The molecule has 0 aliphatic heterocycles. The number of hydrogen-bond acceptors (Lipinski definition) is 2. The highest BCUT2D eigenvalue weighted by Gasteiger charge is 2.29. The van der Waals surface area contributed by atoms with Crippen LogP contribution in [-0.2, 0) is 6.54 Å². The number of rotatable bonds is 4. The third kappa shape index (κ3) is 2.97. The molecule has 0 bridgehead atoms. The second-order valence-corrected chi connectivity index (χ2v) is 7.06. The largest absolute Gasteiger partial charge is 0.309 e. The van der Waals surface area contributed by atoms with Gasteiger partial charge >= 0.3 is 0 Å². The summed E-state index contributed by atoms with van der Waals surface area (Å²) in [5, 5.41) is 6.02. The fourth-order valence-corrected chi connectivity index (χ4v) is 3.98. The molecule has 2 aromatic rings. The summed E-state index contributed by atoms with van der Waals surface area (Å²) < 4.78 is 0. The maximum absolute atomic E-state index is 3.75. The monoisotopic (exact) mass is 285 g/mol. The Morgan fingerprint density at radius 3 is 2.60 bits per heavy atom. The summed E-state index contributed by atoms with van der Waals surface area (Å²) in [4.78, 5) is 1.44. The Balaban J connectivity index is 1.61. The fraction of sp³-hybridized carbons (Fsp3) is 0.444. The van der Waals surface area contributed by atoms with Crippen LogP contribution >= 0.6 is 11.3 Å². The van der Waals surface area contributed by atoms with E-state index in [4.69, 9.17) is 0 Å². The Labute approximate surface area is 126 Å². The molecule has 0 saturated heterocycles. The normalized spacial score (nSPS) is 26.0. The SMILES string of the molecule is CC1CCC(NCc2cc(-c3ccccc3)cs2)C1C. The van der Waals surface area contributed by atoms with Crippen molar-refractivity contribution >= 4 is 11.3 Å². The second-order valence-electron chi connectivity index (χ2n) is 6.07. The molecule has 0 radical (unpaired) electrons. The lowest BCUT2D eigenvalue weighted by Gasteiger charge is -2.19. The minimum atomic E-state index is 0.701. The van der Waals surface area contributed by atoms with Crippen molar-refractivity contribution < 1.29 is 0 Å². The first kappa shape index (κ1) is 13.8. The zero-order valence-electron chi connectivity index (χ0n) is 12.3. The predicted molar refractivity (Wildman–Crippen MR) is 87.9 cm³/mol. The van der Waals surface area contributed by atoms with Gasteiger partial charge in [-0.1, -0.05) is 44.2 Å². The van der Waals surface area contributed by atoms with Crippen LogP contribution in [0.15, 0.2) is 41.8 Å². The lowest BCUT2D eigenvalue weighted by molar-refractivity contribution is 0.370. The molecule has 1 aliphatic rings. The summed E-state index contributed by atoms with van der Waals surface area (Å²) in [5.74, 6) is 1.68. The van der Waals surface area contributed by atoms with Gasteiger partial charge in [0.1, 0.15) is 0 Å². The lowest BCUT2D eigenvalue weighted by Crippen LogP contribution is -2.31. The quantitative estimate of drug-likeness (QED) is 0.839. The summed E-state index contributed by atoms with van der Waals surface area (Å²) >= 11 is 1.87. The van der Waals surface area contributed by atoms with E-state index in [9.17, 15) is 0 Å². The molecule has 1 aromatic heterocycles. The highest BCUT2D eigenvalue weighted by molar-refractivity contribution is 7.10. The molecule has 0 spiro atoms. The molecule has 3 atom stereocenters. The zero-order chi connectivity index (χ0) is 13.9. The summed E-state index contributed by atoms with van der Waals surface area (Å²) in [6.07, 6.45) is 2.71. The third-order valence-electron chi connectivity index (χ3n) is 4.76. The first-order valence-electron chi connectivity index (χ1n) is 7.60. The van der Waals surface area contributed by atoms with Crippen molar-refractivity contribution in [1.29, 1.82) is 0 Å². The number of hydrogen-bond donors (Lipinski definition) is 1. The molecule has 3 unspecified atom stereocenters. The van der Waals surface area contributed by atoms with Gasteiger partial charge in [0.15, 0.2) is 0 Å². The summed E-state index contributed by atoms with van der Waals surface area (Å²) in [6, 6.07) is 13.7. The average Bonchev–Trinajstić information content (AvgIpc) is 3.07.